The topological polar surface area (TPSA) is 121 Å². The van der Waals surface area contributed by atoms with Gasteiger partial charge < -0.3 is 16.0 Å². The summed E-state index contributed by atoms with van der Waals surface area (Å²) in [5.41, 5.74) is 2.06. The van der Waals surface area contributed by atoms with Gasteiger partial charge in [0.2, 0.25) is 0 Å². The zero-order chi connectivity index (χ0) is 20.2. The molecule has 2 aromatic rings. The molecule has 1 saturated heterocycles. The van der Waals surface area contributed by atoms with Crippen molar-refractivity contribution in [2.75, 3.05) is 13.1 Å². The Labute approximate surface area is 163 Å². The van der Waals surface area contributed by atoms with Crippen molar-refractivity contribution in [3.63, 3.8) is 0 Å². The van der Waals surface area contributed by atoms with Crippen LogP contribution in [0.15, 0.2) is 60.7 Å². The zero-order valence-electron chi connectivity index (χ0n) is 15.3. The number of nitrogens with one attached hydrogen (secondary N) is 4. The van der Waals surface area contributed by atoms with Crippen LogP contribution >= 0.6 is 0 Å². The predicted octanol–water partition coefficient (Wildman–Crippen LogP) is 2.20. The number of carbonyl (C=O) groups is 2. The second-order valence-corrected chi connectivity index (χ2v) is 5.86. The summed E-state index contributed by atoms with van der Waals surface area (Å²) >= 11 is 0. The van der Waals surface area contributed by atoms with Crippen LogP contribution in [0.25, 0.3) is 0 Å². The fourth-order valence-corrected chi connectivity index (χ4v) is 2.37. The van der Waals surface area contributed by atoms with Crippen LogP contribution in [-0.4, -0.2) is 35.9 Å². The minimum absolute atomic E-state index is 0.0284. The molecule has 144 valence electrons. The number of nitrogens with zero attached hydrogens (tertiary/aromatic N) is 2. The second kappa shape index (κ2) is 11.0. The first-order valence-electron chi connectivity index (χ1n) is 8.69. The number of hydrogen-bond donors (Lipinski definition) is 4. The number of benzene rings is 2. The summed E-state index contributed by atoms with van der Waals surface area (Å²) in [7, 11) is 0. The Balaban J connectivity index is 0.000000200. The maximum absolute atomic E-state index is 11.3. The Bertz CT molecular complexity index is 817. The molecule has 0 spiro atoms. The molecule has 1 heterocycles. The van der Waals surface area contributed by atoms with Crippen LogP contribution in [0.4, 0.5) is 9.59 Å². The lowest BCUT2D eigenvalue weighted by Gasteiger charge is -2.13. The molecule has 1 aliphatic heterocycles. The van der Waals surface area contributed by atoms with Gasteiger partial charge in [-0.2, -0.15) is 5.26 Å². The van der Waals surface area contributed by atoms with Gasteiger partial charge in [0.15, 0.2) is 0 Å². The number of urea groups is 2. The van der Waals surface area contributed by atoms with Gasteiger partial charge in [0, 0.05) is 6.54 Å². The summed E-state index contributed by atoms with van der Waals surface area (Å²) < 4.78 is 0. The summed E-state index contributed by atoms with van der Waals surface area (Å²) in [5, 5.41) is 23.4. The summed E-state index contributed by atoms with van der Waals surface area (Å²) in [6.45, 7) is 1.32. The zero-order valence-corrected chi connectivity index (χ0v) is 15.3. The van der Waals surface area contributed by atoms with Gasteiger partial charge in [-0.15, -0.1) is 0 Å². The molecular weight excluding hydrogens is 356 g/mol. The highest BCUT2D eigenvalue weighted by molar-refractivity contribution is 6.03. The summed E-state index contributed by atoms with van der Waals surface area (Å²) in [6.07, 6.45) is 0. The van der Waals surface area contributed by atoms with E-state index in [4.69, 9.17) is 10.7 Å². The highest BCUT2D eigenvalue weighted by Gasteiger charge is 2.24. The van der Waals surface area contributed by atoms with E-state index in [1.54, 1.807) is 0 Å². The second-order valence-electron chi connectivity index (χ2n) is 5.86. The van der Waals surface area contributed by atoms with E-state index in [1.165, 1.54) is 4.90 Å². The predicted molar refractivity (Wildman–Crippen MR) is 105 cm³/mol. The van der Waals surface area contributed by atoms with Crippen LogP contribution in [0.2, 0.25) is 0 Å². The summed E-state index contributed by atoms with van der Waals surface area (Å²) in [5.74, 6) is 0.332. The Hall–Kier alpha value is -3.86. The third-order valence-corrected chi connectivity index (χ3v) is 3.79. The smallest absolute Gasteiger partial charge is 0.323 e. The minimum atomic E-state index is -0.324. The first kappa shape index (κ1) is 20.5. The van der Waals surface area contributed by atoms with E-state index in [9.17, 15) is 9.59 Å². The Morgan fingerprint density at radius 2 is 1.68 bits per heavy atom. The fourth-order valence-electron chi connectivity index (χ4n) is 2.37. The van der Waals surface area contributed by atoms with Crippen LogP contribution in [0.3, 0.4) is 0 Å². The molecule has 4 amide bonds. The highest BCUT2D eigenvalue weighted by Crippen LogP contribution is 2.07. The van der Waals surface area contributed by atoms with Crippen molar-refractivity contribution in [2.24, 2.45) is 0 Å². The van der Waals surface area contributed by atoms with Gasteiger partial charge in [-0.25, -0.2) is 9.59 Å². The summed E-state index contributed by atoms with van der Waals surface area (Å²) in [4.78, 5) is 23.7. The maximum Gasteiger partial charge on any atom is 0.323 e. The quantitative estimate of drug-likeness (QED) is 0.597. The van der Waals surface area contributed by atoms with E-state index in [-0.39, 0.29) is 18.6 Å². The standard InChI is InChI=1S/2C10H11N3O/c11-9-6-12-10(14)13(9)7-8-4-2-1-3-5-8;11-6-7-12-10(14)13-8-9-4-2-1-3-5-9/h1-5,11H,6-7H2,(H,12,14);1-5H,7-8H2,(H2,12,13,14). The van der Waals surface area contributed by atoms with Crippen molar-refractivity contribution in [3.05, 3.63) is 71.8 Å². The van der Waals surface area contributed by atoms with Crippen molar-refractivity contribution in [1.29, 1.82) is 10.7 Å². The van der Waals surface area contributed by atoms with Gasteiger partial charge in [-0.05, 0) is 11.1 Å². The van der Waals surface area contributed by atoms with E-state index in [1.807, 2.05) is 66.7 Å². The number of amidine groups is 1. The molecule has 0 saturated carbocycles. The molecule has 0 unspecified atom stereocenters. The van der Waals surface area contributed by atoms with E-state index in [2.05, 4.69) is 16.0 Å². The fraction of sp³-hybridized carbons (Fsp3) is 0.200. The average molecular weight is 378 g/mol. The van der Waals surface area contributed by atoms with Gasteiger partial charge in [-0.3, -0.25) is 10.3 Å². The van der Waals surface area contributed by atoms with E-state index >= 15 is 0 Å². The molecule has 0 aromatic heterocycles. The van der Waals surface area contributed by atoms with Crippen LogP contribution < -0.4 is 16.0 Å². The first-order chi connectivity index (χ1) is 13.6. The third kappa shape index (κ3) is 6.80. The molecule has 8 nitrogen and oxygen atoms in total. The number of carbonyl (C=O) groups excluding carboxylic acids is 2. The molecule has 0 radical (unpaired) electrons. The molecule has 0 atom stereocenters. The van der Waals surface area contributed by atoms with Gasteiger partial charge in [0.25, 0.3) is 0 Å². The molecule has 0 aliphatic carbocycles. The summed E-state index contributed by atoms with van der Waals surface area (Å²) in [6, 6.07) is 20.6. The highest BCUT2D eigenvalue weighted by atomic mass is 16.2. The van der Waals surface area contributed by atoms with Crippen molar-refractivity contribution < 1.29 is 9.59 Å². The van der Waals surface area contributed by atoms with Gasteiger partial charge in [0.1, 0.15) is 12.4 Å². The van der Waals surface area contributed by atoms with Gasteiger partial charge in [-0.1, -0.05) is 60.7 Å². The third-order valence-electron chi connectivity index (χ3n) is 3.79. The van der Waals surface area contributed by atoms with Gasteiger partial charge >= 0.3 is 12.1 Å². The van der Waals surface area contributed by atoms with Crippen LogP contribution in [0.1, 0.15) is 11.1 Å². The van der Waals surface area contributed by atoms with E-state index < -0.39 is 0 Å². The van der Waals surface area contributed by atoms with Crippen molar-refractivity contribution in [1.82, 2.24) is 20.9 Å². The number of amides is 4. The molecule has 0 bridgehead atoms. The van der Waals surface area contributed by atoms with Crippen LogP contribution in [0.5, 0.6) is 0 Å². The number of nitriles is 1. The first-order valence-corrected chi connectivity index (χ1v) is 8.69. The van der Waals surface area contributed by atoms with Crippen LogP contribution in [-0.2, 0) is 13.1 Å². The molecular formula is C20H22N6O2. The molecule has 28 heavy (non-hydrogen) atoms. The van der Waals surface area contributed by atoms with Crippen molar-refractivity contribution in [3.8, 4) is 6.07 Å². The maximum atomic E-state index is 11.3. The van der Waals surface area contributed by atoms with E-state index in [0.29, 0.717) is 25.5 Å². The van der Waals surface area contributed by atoms with Crippen molar-refractivity contribution >= 4 is 17.9 Å². The molecule has 1 aliphatic rings. The van der Waals surface area contributed by atoms with Crippen molar-refractivity contribution in [2.45, 2.75) is 13.1 Å². The normalized spacial score (nSPS) is 12.3. The SMILES string of the molecule is N#CCNC(=O)NCc1ccccc1.N=C1CNC(=O)N1Cc1ccccc1. The van der Waals surface area contributed by atoms with Crippen LogP contribution in [0, 0.1) is 16.7 Å². The molecule has 4 N–H and O–H groups in total. The number of hydrogen-bond acceptors (Lipinski definition) is 4. The molecule has 2 aromatic carbocycles. The van der Waals surface area contributed by atoms with Gasteiger partial charge in [0.05, 0.1) is 19.2 Å². The Kier molecular flexibility index (Phi) is 8.02. The molecule has 3 rings (SSSR count). The molecule has 1 fully saturated rings. The molecule has 8 heteroatoms. The lowest BCUT2D eigenvalue weighted by molar-refractivity contribution is 0.227. The minimum Gasteiger partial charge on any atom is -0.334 e. The largest absolute Gasteiger partial charge is 0.334 e. The lowest BCUT2D eigenvalue weighted by atomic mass is 10.2. The lowest BCUT2D eigenvalue weighted by Crippen LogP contribution is -2.35. The average Bonchev–Trinajstić information content (AvgIpc) is 3.05. The monoisotopic (exact) mass is 378 g/mol. The number of rotatable bonds is 5. The Morgan fingerprint density at radius 1 is 1.07 bits per heavy atom. The Morgan fingerprint density at radius 3 is 2.21 bits per heavy atom. The van der Waals surface area contributed by atoms with E-state index in [0.717, 1.165) is 11.1 Å².